The minimum absolute atomic E-state index is 0.0964. The maximum absolute atomic E-state index is 15.4. The number of H-pyrrole nitrogens is 1. The molecule has 13 heteroatoms. The highest BCUT2D eigenvalue weighted by Gasteiger charge is 2.42. The number of pyridine rings is 1. The van der Waals surface area contributed by atoms with E-state index >= 15 is 4.39 Å². The Bertz CT molecular complexity index is 2840. The number of nitrogens with one attached hydrogen (secondary N) is 3. The van der Waals surface area contributed by atoms with Gasteiger partial charge in [-0.15, -0.1) is 11.3 Å². The Morgan fingerprint density at radius 3 is 2.40 bits per heavy atom. The van der Waals surface area contributed by atoms with E-state index < -0.39 is 29.4 Å². The first kappa shape index (κ1) is 45.1. The van der Waals surface area contributed by atoms with Gasteiger partial charge in [0.25, 0.3) is 5.91 Å². The number of hydrogen-bond acceptors (Lipinski definition) is 10. The van der Waals surface area contributed by atoms with Crippen molar-refractivity contribution < 1.29 is 34.0 Å². The standard InChI is InChI=1S/C52H51FN4O7S/c1-33-25-43(44(53)27-37(33)28-54-30-46(59)41-16-18-45(58)49-42(41)17-20-48(60)56-49)50(61)55-29-40-15-19-47(65-40)36-11-8-14-39(26-36)52(63,38-12-6-3-7-13-38)51(62)64-32-35-21-23-57(24-22-35)31-34-9-4-2-5-10-34/h2-20,25-27,35,46,54,58-59,63H,21-24,28-32H2,1H3,(H,55,61)(H,56,60)/t46-,52-/m0/s1. The second-order valence-electron chi connectivity index (χ2n) is 16.6. The van der Waals surface area contributed by atoms with Crippen molar-refractivity contribution in [1.29, 1.82) is 0 Å². The van der Waals surface area contributed by atoms with Crippen molar-refractivity contribution in [2.75, 3.05) is 26.2 Å². The van der Waals surface area contributed by atoms with Crippen LogP contribution in [0.1, 0.15) is 67.6 Å². The number of carbonyl (C=O) groups excluding carboxylic acids is 2. The molecule has 6 N–H and O–H groups in total. The van der Waals surface area contributed by atoms with Crippen LogP contribution in [0.15, 0.2) is 138 Å². The zero-order chi connectivity index (χ0) is 45.5. The van der Waals surface area contributed by atoms with Crippen molar-refractivity contribution >= 4 is 34.1 Å². The summed E-state index contributed by atoms with van der Waals surface area (Å²) in [7, 11) is 0. The van der Waals surface area contributed by atoms with Crippen LogP contribution in [-0.4, -0.2) is 63.3 Å². The van der Waals surface area contributed by atoms with Crippen molar-refractivity contribution in [2.45, 2.75) is 51.1 Å². The summed E-state index contributed by atoms with van der Waals surface area (Å²) < 4.78 is 21.4. The van der Waals surface area contributed by atoms with E-state index in [9.17, 15) is 29.7 Å². The Morgan fingerprint density at radius 2 is 1.63 bits per heavy atom. The van der Waals surface area contributed by atoms with Gasteiger partial charge in [-0.2, -0.15) is 0 Å². The molecule has 0 unspecified atom stereocenters. The summed E-state index contributed by atoms with van der Waals surface area (Å²) in [5, 5.41) is 39.9. The van der Waals surface area contributed by atoms with E-state index in [1.807, 2.05) is 42.5 Å². The third-order valence-electron chi connectivity index (χ3n) is 12.1. The van der Waals surface area contributed by atoms with E-state index in [-0.39, 0.29) is 54.5 Å². The van der Waals surface area contributed by atoms with Crippen molar-refractivity contribution in [3.8, 4) is 16.2 Å². The fraction of sp³-hybridized carbons (Fsp3) is 0.250. The highest BCUT2D eigenvalue weighted by atomic mass is 32.1. The molecule has 1 saturated heterocycles. The second-order valence-corrected chi connectivity index (χ2v) is 17.8. The van der Waals surface area contributed by atoms with Gasteiger partial charge < -0.3 is 35.7 Å². The summed E-state index contributed by atoms with van der Waals surface area (Å²) in [6.45, 7) is 5.16. The maximum atomic E-state index is 15.4. The largest absolute Gasteiger partial charge is 0.506 e. The summed E-state index contributed by atoms with van der Waals surface area (Å²) in [6, 6.07) is 38.8. The lowest BCUT2D eigenvalue weighted by Gasteiger charge is -2.33. The van der Waals surface area contributed by atoms with Gasteiger partial charge in [-0.1, -0.05) is 84.9 Å². The van der Waals surface area contributed by atoms with Gasteiger partial charge in [0.2, 0.25) is 11.2 Å². The first-order valence-corrected chi connectivity index (χ1v) is 22.5. The molecule has 0 saturated carbocycles. The van der Waals surface area contributed by atoms with Gasteiger partial charge in [-0.3, -0.25) is 14.5 Å². The SMILES string of the molecule is Cc1cc(C(=O)NCc2ccc(-c3cccc([C@](O)(C(=O)OCC4CCN(Cc5ccccc5)CC4)c4ccccc4)c3)s2)c(F)cc1CNC[C@H](O)c1ccc(O)c2[nH]c(=O)ccc12. The van der Waals surface area contributed by atoms with E-state index in [0.29, 0.717) is 33.2 Å². The number of ether oxygens (including phenoxy) is 1. The third kappa shape index (κ3) is 10.4. The number of phenolic OH excluding ortho intramolecular Hbond substituents is 1. The van der Waals surface area contributed by atoms with Crippen LogP contribution in [-0.2, 0) is 34.8 Å². The molecular weight excluding hydrogens is 844 g/mol. The molecule has 8 rings (SSSR count). The van der Waals surface area contributed by atoms with E-state index in [1.54, 1.807) is 61.5 Å². The van der Waals surface area contributed by atoms with Gasteiger partial charge in [0, 0.05) is 46.4 Å². The topological polar surface area (TPSA) is 164 Å². The number of nitrogens with zero attached hydrogens (tertiary/aromatic N) is 1. The number of aliphatic hydroxyl groups is 2. The predicted molar refractivity (Wildman–Crippen MR) is 250 cm³/mol. The molecular formula is C52H51FN4O7S. The molecule has 11 nitrogen and oxygen atoms in total. The van der Waals surface area contributed by atoms with Crippen LogP contribution >= 0.6 is 11.3 Å². The minimum Gasteiger partial charge on any atom is -0.506 e. The van der Waals surface area contributed by atoms with Crippen LogP contribution in [0.3, 0.4) is 0 Å². The average Bonchev–Trinajstić information content (AvgIpc) is 3.81. The summed E-state index contributed by atoms with van der Waals surface area (Å²) in [5.41, 5.74) is 2.32. The number of halogens is 1. The number of hydrogen-bond donors (Lipinski definition) is 6. The molecule has 0 aliphatic carbocycles. The summed E-state index contributed by atoms with van der Waals surface area (Å²) in [4.78, 5) is 45.7. The number of rotatable bonds is 16. The molecule has 2 atom stereocenters. The van der Waals surface area contributed by atoms with Crippen LogP contribution in [0.4, 0.5) is 4.39 Å². The Hall–Kier alpha value is -6.48. The average molecular weight is 895 g/mol. The molecule has 65 heavy (non-hydrogen) atoms. The van der Waals surface area contributed by atoms with Crippen LogP contribution in [0.2, 0.25) is 0 Å². The lowest BCUT2D eigenvalue weighted by molar-refractivity contribution is -0.164. The maximum Gasteiger partial charge on any atom is 0.347 e. The highest BCUT2D eigenvalue weighted by Crippen LogP contribution is 2.36. The smallest absolute Gasteiger partial charge is 0.347 e. The number of benzene rings is 5. The van der Waals surface area contributed by atoms with Gasteiger partial charge >= 0.3 is 5.97 Å². The number of esters is 1. The van der Waals surface area contributed by atoms with Gasteiger partial charge in [-0.05, 0) is 115 Å². The summed E-state index contributed by atoms with van der Waals surface area (Å²) >= 11 is 1.43. The number of amides is 1. The number of fused-ring (bicyclic) bond motifs is 1. The predicted octanol–water partition coefficient (Wildman–Crippen LogP) is 7.85. The number of phenols is 1. The van der Waals surface area contributed by atoms with E-state index in [2.05, 4.69) is 32.7 Å². The lowest BCUT2D eigenvalue weighted by Crippen LogP contribution is -2.40. The molecule has 1 fully saturated rings. The van der Waals surface area contributed by atoms with Crippen molar-refractivity contribution in [1.82, 2.24) is 20.5 Å². The zero-order valence-electron chi connectivity index (χ0n) is 35.9. The lowest BCUT2D eigenvalue weighted by atomic mass is 9.85. The Labute approximate surface area is 380 Å². The highest BCUT2D eigenvalue weighted by molar-refractivity contribution is 7.15. The number of aromatic amines is 1. The molecule has 0 radical (unpaired) electrons. The molecule has 2 aromatic heterocycles. The number of carbonyl (C=O) groups is 2. The van der Waals surface area contributed by atoms with Crippen LogP contribution in [0.25, 0.3) is 21.3 Å². The van der Waals surface area contributed by atoms with Gasteiger partial charge in [0.15, 0.2) is 0 Å². The number of piperidine rings is 1. The van der Waals surface area contributed by atoms with Crippen LogP contribution in [0, 0.1) is 18.7 Å². The molecule has 5 aromatic carbocycles. The van der Waals surface area contributed by atoms with Gasteiger partial charge in [0.05, 0.1) is 30.3 Å². The normalized spacial score (nSPS) is 14.8. The molecule has 1 aliphatic rings. The van der Waals surface area contributed by atoms with Crippen molar-refractivity contribution in [2.24, 2.45) is 5.92 Å². The quantitative estimate of drug-likeness (QED) is 0.0531. The van der Waals surface area contributed by atoms with Crippen molar-refractivity contribution in [3.63, 3.8) is 0 Å². The number of aromatic nitrogens is 1. The number of aryl methyl sites for hydroxylation is 1. The second kappa shape index (κ2) is 20.1. The van der Waals surface area contributed by atoms with Crippen molar-refractivity contribution in [3.05, 3.63) is 193 Å². The van der Waals surface area contributed by atoms with Gasteiger partial charge in [0.1, 0.15) is 11.6 Å². The Morgan fingerprint density at radius 1 is 0.892 bits per heavy atom. The first-order valence-electron chi connectivity index (χ1n) is 21.7. The first-order chi connectivity index (χ1) is 31.5. The molecule has 334 valence electrons. The van der Waals surface area contributed by atoms with Crippen LogP contribution < -0.4 is 16.2 Å². The van der Waals surface area contributed by atoms with E-state index in [0.717, 1.165) is 47.8 Å². The summed E-state index contributed by atoms with van der Waals surface area (Å²) in [6.07, 6.45) is 0.792. The molecule has 3 heterocycles. The molecule has 0 bridgehead atoms. The number of likely N-dealkylation sites (tertiary alicyclic amines) is 1. The molecule has 7 aromatic rings. The van der Waals surface area contributed by atoms with Gasteiger partial charge in [-0.25, -0.2) is 9.18 Å². The molecule has 1 aliphatic heterocycles. The number of thiophene rings is 1. The monoisotopic (exact) mass is 894 g/mol. The third-order valence-corrected chi connectivity index (χ3v) is 13.3. The van der Waals surface area contributed by atoms with Crippen LogP contribution in [0.5, 0.6) is 5.75 Å². The number of aromatic hydroxyl groups is 1. The Kier molecular flexibility index (Phi) is 14.0. The molecule has 0 spiro atoms. The zero-order valence-corrected chi connectivity index (χ0v) is 36.7. The Balaban J connectivity index is 0.874. The minimum atomic E-state index is -2.05. The van der Waals surface area contributed by atoms with E-state index in [4.69, 9.17) is 4.74 Å². The summed E-state index contributed by atoms with van der Waals surface area (Å²) in [5.74, 6) is -1.90. The molecule has 1 amide bonds. The van der Waals surface area contributed by atoms with E-state index in [1.165, 1.54) is 41.2 Å². The fourth-order valence-electron chi connectivity index (χ4n) is 8.41. The fourth-order valence-corrected chi connectivity index (χ4v) is 9.35. The number of aliphatic hydroxyl groups excluding tert-OH is 1.